The summed E-state index contributed by atoms with van der Waals surface area (Å²) in [4.78, 5) is 24.1. The van der Waals surface area contributed by atoms with Gasteiger partial charge in [0.2, 0.25) is 0 Å². The van der Waals surface area contributed by atoms with Crippen molar-refractivity contribution in [1.29, 1.82) is 0 Å². The standard InChI is InChI=1S/C19H25N3O3/c1-11-6-17(23)22(5)10-15(11)21-18(24)20-14-8-19(3,4)9-16-13(14)7-12(2)25-16/h6-7,10,14H,8-9H2,1-5H3,(H2,20,21,24). The van der Waals surface area contributed by atoms with Gasteiger partial charge in [-0.05, 0) is 37.3 Å². The number of aryl methyl sites for hydroxylation is 3. The lowest BCUT2D eigenvalue weighted by atomic mass is 9.75. The van der Waals surface area contributed by atoms with Gasteiger partial charge in [-0.3, -0.25) is 4.79 Å². The first-order valence-corrected chi connectivity index (χ1v) is 8.49. The number of furan rings is 1. The summed E-state index contributed by atoms with van der Waals surface area (Å²) in [7, 11) is 1.66. The van der Waals surface area contributed by atoms with E-state index in [-0.39, 0.29) is 23.0 Å². The van der Waals surface area contributed by atoms with Gasteiger partial charge in [0.05, 0.1) is 11.7 Å². The Morgan fingerprint density at radius 2 is 2.04 bits per heavy atom. The Balaban J connectivity index is 1.79. The molecule has 6 nitrogen and oxygen atoms in total. The van der Waals surface area contributed by atoms with E-state index in [1.807, 2.05) is 13.0 Å². The average molecular weight is 343 g/mol. The van der Waals surface area contributed by atoms with E-state index in [1.165, 1.54) is 10.6 Å². The topological polar surface area (TPSA) is 76.3 Å². The molecule has 0 saturated carbocycles. The fraction of sp³-hybridized carbons (Fsp3) is 0.474. The number of fused-ring (bicyclic) bond motifs is 1. The van der Waals surface area contributed by atoms with Crippen molar-refractivity contribution in [2.24, 2.45) is 12.5 Å². The Hall–Kier alpha value is -2.50. The van der Waals surface area contributed by atoms with E-state index in [0.29, 0.717) is 5.69 Å². The Labute approximate surface area is 147 Å². The number of rotatable bonds is 2. The molecule has 2 heterocycles. The zero-order chi connectivity index (χ0) is 18.4. The molecule has 2 amide bonds. The average Bonchev–Trinajstić information content (AvgIpc) is 2.83. The van der Waals surface area contributed by atoms with Crippen LogP contribution < -0.4 is 16.2 Å². The molecule has 1 aliphatic carbocycles. The molecule has 2 N–H and O–H groups in total. The van der Waals surface area contributed by atoms with Crippen molar-refractivity contribution in [3.63, 3.8) is 0 Å². The molecule has 0 aromatic carbocycles. The lowest BCUT2D eigenvalue weighted by Crippen LogP contribution is -2.38. The number of hydrogen-bond donors (Lipinski definition) is 2. The summed E-state index contributed by atoms with van der Waals surface area (Å²) in [5, 5.41) is 5.91. The number of nitrogens with zero attached hydrogens (tertiary/aromatic N) is 1. The highest BCUT2D eigenvalue weighted by atomic mass is 16.3. The molecule has 2 aromatic heterocycles. The van der Waals surface area contributed by atoms with Gasteiger partial charge in [0.25, 0.3) is 5.56 Å². The maximum Gasteiger partial charge on any atom is 0.319 e. The second kappa shape index (κ2) is 6.10. The predicted molar refractivity (Wildman–Crippen MR) is 96.9 cm³/mol. The summed E-state index contributed by atoms with van der Waals surface area (Å²) in [6.45, 7) is 8.09. The second-order valence-electron chi connectivity index (χ2n) is 7.75. The highest BCUT2D eigenvalue weighted by Gasteiger charge is 2.35. The van der Waals surface area contributed by atoms with Gasteiger partial charge >= 0.3 is 6.03 Å². The summed E-state index contributed by atoms with van der Waals surface area (Å²) in [5.74, 6) is 1.82. The van der Waals surface area contributed by atoms with Crippen LogP contribution in [0.4, 0.5) is 10.5 Å². The molecule has 0 radical (unpaired) electrons. The molecule has 0 saturated heterocycles. The maximum atomic E-state index is 12.5. The van der Waals surface area contributed by atoms with E-state index < -0.39 is 0 Å². The van der Waals surface area contributed by atoms with E-state index in [4.69, 9.17) is 4.42 Å². The van der Waals surface area contributed by atoms with Gasteiger partial charge in [-0.25, -0.2) is 4.79 Å². The van der Waals surface area contributed by atoms with E-state index in [1.54, 1.807) is 20.2 Å². The second-order valence-corrected chi connectivity index (χ2v) is 7.75. The first-order valence-electron chi connectivity index (χ1n) is 8.49. The van der Waals surface area contributed by atoms with Crippen LogP contribution in [0.2, 0.25) is 0 Å². The third-order valence-electron chi connectivity index (χ3n) is 4.72. The Bertz CT molecular complexity index is 877. The van der Waals surface area contributed by atoms with E-state index in [2.05, 4.69) is 24.5 Å². The molecule has 25 heavy (non-hydrogen) atoms. The summed E-state index contributed by atoms with van der Waals surface area (Å²) in [6.07, 6.45) is 3.35. The zero-order valence-corrected chi connectivity index (χ0v) is 15.4. The minimum Gasteiger partial charge on any atom is -0.466 e. The van der Waals surface area contributed by atoms with E-state index in [9.17, 15) is 9.59 Å². The normalized spacial score (nSPS) is 18.5. The quantitative estimate of drug-likeness (QED) is 0.877. The van der Waals surface area contributed by atoms with Crippen LogP contribution in [-0.2, 0) is 13.5 Å². The van der Waals surface area contributed by atoms with Crippen molar-refractivity contribution in [3.05, 3.63) is 51.3 Å². The molecule has 3 rings (SSSR count). The number of anilines is 1. The molecular weight excluding hydrogens is 318 g/mol. The molecule has 1 unspecified atom stereocenters. The van der Waals surface area contributed by atoms with Crippen LogP contribution >= 0.6 is 0 Å². The third kappa shape index (κ3) is 3.62. The lowest BCUT2D eigenvalue weighted by molar-refractivity contribution is 0.222. The Kier molecular flexibility index (Phi) is 4.22. The first kappa shape index (κ1) is 17.3. The smallest absolute Gasteiger partial charge is 0.319 e. The van der Waals surface area contributed by atoms with Crippen LogP contribution in [0.3, 0.4) is 0 Å². The van der Waals surface area contributed by atoms with Crippen molar-refractivity contribution >= 4 is 11.7 Å². The SMILES string of the molecule is Cc1cc2c(o1)CC(C)(C)CC2NC(=O)Nc1cn(C)c(=O)cc1C. The maximum absolute atomic E-state index is 12.5. The van der Waals surface area contributed by atoms with Crippen molar-refractivity contribution in [3.8, 4) is 0 Å². The van der Waals surface area contributed by atoms with Crippen LogP contribution in [0.1, 0.15) is 49.0 Å². The molecular formula is C19H25N3O3. The van der Waals surface area contributed by atoms with Gasteiger partial charge < -0.3 is 19.6 Å². The number of pyridine rings is 1. The molecule has 0 bridgehead atoms. The number of carbonyl (C=O) groups is 1. The molecule has 0 fully saturated rings. The van der Waals surface area contributed by atoms with Crippen LogP contribution in [0.25, 0.3) is 0 Å². The van der Waals surface area contributed by atoms with Gasteiger partial charge in [-0.2, -0.15) is 0 Å². The number of carbonyl (C=O) groups excluding carboxylic acids is 1. The summed E-state index contributed by atoms with van der Waals surface area (Å²) >= 11 is 0. The monoisotopic (exact) mass is 343 g/mol. The fourth-order valence-electron chi connectivity index (χ4n) is 3.48. The Morgan fingerprint density at radius 3 is 2.76 bits per heavy atom. The molecule has 0 spiro atoms. The van der Waals surface area contributed by atoms with Gasteiger partial charge in [0.15, 0.2) is 0 Å². The zero-order valence-electron chi connectivity index (χ0n) is 15.4. The number of nitrogens with one attached hydrogen (secondary N) is 2. The van der Waals surface area contributed by atoms with Crippen LogP contribution in [-0.4, -0.2) is 10.6 Å². The van der Waals surface area contributed by atoms with Crippen molar-refractivity contribution in [1.82, 2.24) is 9.88 Å². The third-order valence-corrected chi connectivity index (χ3v) is 4.72. The predicted octanol–water partition coefficient (Wildman–Crippen LogP) is 3.43. The first-order chi connectivity index (χ1) is 11.6. The van der Waals surface area contributed by atoms with E-state index >= 15 is 0 Å². The summed E-state index contributed by atoms with van der Waals surface area (Å²) in [5.41, 5.74) is 2.38. The molecule has 1 aliphatic rings. The highest BCUT2D eigenvalue weighted by Crippen LogP contribution is 2.42. The summed E-state index contributed by atoms with van der Waals surface area (Å²) in [6, 6.07) is 3.14. The number of urea groups is 1. The minimum absolute atomic E-state index is 0.0573. The Morgan fingerprint density at radius 1 is 1.32 bits per heavy atom. The highest BCUT2D eigenvalue weighted by molar-refractivity contribution is 5.90. The van der Waals surface area contributed by atoms with Crippen LogP contribution in [0.5, 0.6) is 0 Å². The minimum atomic E-state index is -0.283. The molecule has 0 aliphatic heterocycles. The number of aromatic nitrogens is 1. The molecule has 2 aromatic rings. The fourth-order valence-corrected chi connectivity index (χ4v) is 3.48. The molecule has 6 heteroatoms. The van der Waals surface area contributed by atoms with E-state index in [0.717, 1.165) is 35.5 Å². The molecule has 134 valence electrons. The van der Waals surface area contributed by atoms with Crippen molar-refractivity contribution < 1.29 is 9.21 Å². The van der Waals surface area contributed by atoms with Gasteiger partial charge in [0.1, 0.15) is 11.5 Å². The van der Waals surface area contributed by atoms with Crippen molar-refractivity contribution in [2.75, 3.05) is 5.32 Å². The van der Waals surface area contributed by atoms with Crippen LogP contribution in [0, 0.1) is 19.3 Å². The number of hydrogen-bond acceptors (Lipinski definition) is 3. The summed E-state index contributed by atoms with van der Waals surface area (Å²) < 4.78 is 7.26. The largest absolute Gasteiger partial charge is 0.466 e. The van der Waals surface area contributed by atoms with Gasteiger partial charge in [-0.15, -0.1) is 0 Å². The molecule has 1 atom stereocenters. The number of amides is 2. The van der Waals surface area contributed by atoms with Crippen LogP contribution in [0.15, 0.2) is 27.5 Å². The van der Waals surface area contributed by atoms with Gasteiger partial charge in [0, 0.05) is 31.3 Å². The lowest BCUT2D eigenvalue weighted by Gasteiger charge is -2.34. The van der Waals surface area contributed by atoms with Gasteiger partial charge in [-0.1, -0.05) is 13.8 Å². The van der Waals surface area contributed by atoms with Crippen molar-refractivity contribution in [2.45, 2.75) is 46.6 Å².